The number of benzene rings is 2. The number of anilines is 1. The van der Waals surface area contributed by atoms with Crippen molar-refractivity contribution in [2.75, 3.05) is 23.7 Å². The maximum atomic E-state index is 13.5. The highest BCUT2D eigenvalue weighted by Crippen LogP contribution is 2.31. The van der Waals surface area contributed by atoms with E-state index in [-0.39, 0.29) is 23.2 Å². The summed E-state index contributed by atoms with van der Waals surface area (Å²) in [6.45, 7) is 3.27. The van der Waals surface area contributed by atoms with Gasteiger partial charge in [-0.1, -0.05) is 59.4 Å². The molecular formula is C22H25Cl4N3O4S. The number of carbonyl (C=O) groups is 2. The average molecular weight is 569 g/mol. The summed E-state index contributed by atoms with van der Waals surface area (Å²) in [4.78, 5) is 27.4. The Morgan fingerprint density at radius 3 is 2.12 bits per heavy atom. The van der Waals surface area contributed by atoms with Gasteiger partial charge < -0.3 is 10.2 Å². The lowest BCUT2D eigenvalue weighted by Crippen LogP contribution is -2.51. The molecule has 0 saturated heterocycles. The lowest BCUT2D eigenvalue weighted by atomic mass is 10.1. The van der Waals surface area contributed by atoms with E-state index >= 15 is 0 Å². The Bertz CT molecular complexity index is 1160. The number of amides is 2. The second-order valence-corrected chi connectivity index (χ2v) is 11.2. The summed E-state index contributed by atoms with van der Waals surface area (Å²) < 4.78 is 26.0. The molecule has 0 aliphatic rings. The SMILES string of the molecule is CCCNC(=O)C(C)N(Cc1ccc(Cl)cc1Cl)C(=O)CN(c1ccc(Cl)cc1Cl)S(C)(=O)=O. The van der Waals surface area contributed by atoms with Gasteiger partial charge in [-0.15, -0.1) is 0 Å². The number of hydrogen-bond donors (Lipinski definition) is 1. The predicted octanol–water partition coefficient (Wildman–Crippen LogP) is 5.01. The monoisotopic (exact) mass is 567 g/mol. The molecule has 0 aliphatic carbocycles. The van der Waals surface area contributed by atoms with E-state index < -0.39 is 28.5 Å². The summed E-state index contributed by atoms with van der Waals surface area (Å²) in [5, 5.41) is 3.86. The third-order valence-corrected chi connectivity index (χ3v) is 7.18. The van der Waals surface area contributed by atoms with Crippen LogP contribution in [0, 0.1) is 0 Å². The number of hydrogen-bond acceptors (Lipinski definition) is 4. The lowest BCUT2D eigenvalue weighted by Gasteiger charge is -2.32. The first kappa shape index (κ1) is 28.5. The minimum atomic E-state index is -3.91. The quantitative estimate of drug-likeness (QED) is 0.436. The first-order valence-electron chi connectivity index (χ1n) is 10.3. The van der Waals surface area contributed by atoms with Crippen LogP contribution in [0.5, 0.6) is 0 Å². The van der Waals surface area contributed by atoms with Crippen molar-refractivity contribution in [2.45, 2.75) is 32.9 Å². The Labute approximate surface area is 220 Å². The summed E-state index contributed by atoms with van der Waals surface area (Å²) >= 11 is 24.4. The third-order valence-electron chi connectivity index (χ3n) is 4.93. The first-order chi connectivity index (χ1) is 15.8. The second-order valence-electron chi connectivity index (χ2n) is 7.59. The van der Waals surface area contributed by atoms with E-state index in [0.29, 0.717) is 33.6 Å². The molecule has 0 fully saturated rings. The van der Waals surface area contributed by atoms with Crippen LogP contribution in [0.4, 0.5) is 5.69 Å². The standard InChI is InChI=1S/C22H25Cl4N3O4S/c1-4-9-27-22(31)14(2)28(12-15-5-6-16(23)10-18(15)25)21(30)13-29(34(3,32)33)20-8-7-17(24)11-19(20)26/h5-8,10-11,14H,4,9,12-13H2,1-3H3,(H,27,31). The number of rotatable bonds is 10. The zero-order valence-electron chi connectivity index (χ0n) is 18.8. The van der Waals surface area contributed by atoms with Crippen LogP contribution in [0.2, 0.25) is 20.1 Å². The molecule has 186 valence electrons. The molecule has 0 bridgehead atoms. The Morgan fingerprint density at radius 1 is 1.00 bits per heavy atom. The van der Waals surface area contributed by atoms with E-state index in [1.54, 1.807) is 19.1 Å². The van der Waals surface area contributed by atoms with Crippen LogP contribution in [0.3, 0.4) is 0 Å². The zero-order chi connectivity index (χ0) is 25.6. The number of nitrogens with zero attached hydrogens (tertiary/aromatic N) is 2. The van der Waals surface area contributed by atoms with E-state index in [1.807, 2.05) is 6.92 Å². The highest BCUT2D eigenvalue weighted by molar-refractivity contribution is 7.92. The Kier molecular flexibility index (Phi) is 10.3. The van der Waals surface area contributed by atoms with Crippen LogP contribution in [-0.2, 0) is 26.2 Å². The van der Waals surface area contributed by atoms with Crippen molar-refractivity contribution in [3.63, 3.8) is 0 Å². The van der Waals surface area contributed by atoms with Crippen molar-refractivity contribution in [3.05, 3.63) is 62.1 Å². The van der Waals surface area contributed by atoms with Gasteiger partial charge in [-0.05, 0) is 49.2 Å². The molecule has 0 aromatic heterocycles. The maximum Gasteiger partial charge on any atom is 0.244 e. The van der Waals surface area contributed by atoms with E-state index in [9.17, 15) is 18.0 Å². The first-order valence-corrected chi connectivity index (χ1v) is 13.6. The van der Waals surface area contributed by atoms with Crippen molar-refractivity contribution in [3.8, 4) is 0 Å². The Balaban J connectivity index is 2.44. The fourth-order valence-corrected chi connectivity index (χ4v) is 4.98. The van der Waals surface area contributed by atoms with E-state index in [1.165, 1.54) is 29.2 Å². The van der Waals surface area contributed by atoms with Crippen molar-refractivity contribution in [1.82, 2.24) is 10.2 Å². The molecule has 0 saturated carbocycles. The molecule has 2 aromatic carbocycles. The minimum absolute atomic E-state index is 0.0402. The van der Waals surface area contributed by atoms with Crippen molar-refractivity contribution < 1.29 is 18.0 Å². The number of carbonyl (C=O) groups excluding carboxylic acids is 2. The normalized spacial score (nSPS) is 12.2. The molecule has 2 amide bonds. The summed E-state index contributed by atoms with van der Waals surface area (Å²) in [5.74, 6) is -1.00. The van der Waals surface area contributed by atoms with Crippen molar-refractivity contribution >= 4 is 73.9 Å². The summed E-state index contributed by atoms with van der Waals surface area (Å²) in [6, 6.07) is 8.14. The largest absolute Gasteiger partial charge is 0.354 e. The predicted molar refractivity (Wildman–Crippen MR) is 138 cm³/mol. The summed E-state index contributed by atoms with van der Waals surface area (Å²) in [5.41, 5.74) is 0.638. The third kappa shape index (κ3) is 7.65. The molecule has 34 heavy (non-hydrogen) atoms. The van der Waals surface area contributed by atoms with Crippen LogP contribution >= 0.6 is 46.4 Å². The van der Waals surface area contributed by atoms with Crippen LogP contribution in [0.15, 0.2) is 36.4 Å². The number of halogens is 4. The molecule has 2 aromatic rings. The van der Waals surface area contributed by atoms with Crippen LogP contribution in [-0.4, -0.2) is 50.5 Å². The highest BCUT2D eigenvalue weighted by Gasteiger charge is 2.31. The molecule has 1 unspecified atom stereocenters. The lowest BCUT2D eigenvalue weighted by molar-refractivity contribution is -0.139. The average Bonchev–Trinajstić information content (AvgIpc) is 2.74. The minimum Gasteiger partial charge on any atom is -0.354 e. The van der Waals surface area contributed by atoms with E-state index in [2.05, 4.69) is 5.32 Å². The van der Waals surface area contributed by atoms with Crippen LogP contribution in [0.1, 0.15) is 25.8 Å². The molecule has 12 heteroatoms. The second kappa shape index (κ2) is 12.3. The molecule has 7 nitrogen and oxygen atoms in total. The van der Waals surface area contributed by atoms with Gasteiger partial charge >= 0.3 is 0 Å². The fourth-order valence-electron chi connectivity index (χ4n) is 3.09. The van der Waals surface area contributed by atoms with E-state index in [0.717, 1.165) is 10.6 Å². The topological polar surface area (TPSA) is 86.8 Å². The van der Waals surface area contributed by atoms with Crippen LogP contribution in [0.25, 0.3) is 0 Å². The molecule has 0 radical (unpaired) electrons. The Morgan fingerprint density at radius 2 is 1.59 bits per heavy atom. The highest BCUT2D eigenvalue weighted by atomic mass is 35.5. The van der Waals surface area contributed by atoms with Gasteiger partial charge in [0.1, 0.15) is 12.6 Å². The zero-order valence-corrected chi connectivity index (χ0v) is 22.7. The molecule has 2 rings (SSSR count). The molecule has 0 aliphatic heterocycles. The van der Waals surface area contributed by atoms with Gasteiger partial charge in [0.15, 0.2) is 0 Å². The molecular weight excluding hydrogens is 544 g/mol. The summed E-state index contributed by atoms with van der Waals surface area (Å²) in [7, 11) is -3.91. The van der Waals surface area contributed by atoms with Gasteiger partial charge in [0, 0.05) is 28.2 Å². The van der Waals surface area contributed by atoms with E-state index in [4.69, 9.17) is 46.4 Å². The number of nitrogens with one attached hydrogen (secondary N) is 1. The Hall–Kier alpha value is -1.71. The molecule has 0 spiro atoms. The van der Waals surface area contributed by atoms with Crippen LogP contribution < -0.4 is 9.62 Å². The van der Waals surface area contributed by atoms with Crippen molar-refractivity contribution in [1.29, 1.82) is 0 Å². The molecule has 1 N–H and O–H groups in total. The van der Waals surface area contributed by atoms with Gasteiger partial charge in [-0.25, -0.2) is 8.42 Å². The summed E-state index contributed by atoms with van der Waals surface area (Å²) in [6.07, 6.45) is 1.68. The van der Waals surface area contributed by atoms with Gasteiger partial charge in [0.05, 0.1) is 17.0 Å². The van der Waals surface area contributed by atoms with Gasteiger partial charge in [-0.2, -0.15) is 0 Å². The van der Waals surface area contributed by atoms with Crippen molar-refractivity contribution in [2.24, 2.45) is 0 Å². The molecule has 1 atom stereocenters. The smallest absolute Gasteiger partial charge is 0.244 e. The van der Waals surface area contributed by atoms with Gasteiger partial charge in [0.25, 0.3) is 0 Å². The fraction of sp³-hybridized carbons (Fsp3) is 0.364. The van der Waals surface area contributed by atoms with Gasteiger partial charge in [0.2, 0.25) is 21.8 Å². The van der Waals surface area contributed by atoms with Gasteiger partial charge in [-0.3, -0.25) is 13.9 Å². The number of sulfonamides is 1. The maximum absolute atomic E-state index is 13.5. The molecule has 0 heterocycles.